The molecule has 0 aromatic heterocycles. The van der Waals surface area contributed by atoms with Crippen LogP contribution in [0.4, 0.5) is 0 Å². The molecule has 4 heteroatoms. The van der Waals surface area contributed by atoms with Gasteiger partial charge in [0.15, 0.2) is 5.75 Å². The molecule has 1 heterocycles. The summed E-state index contributed by atoms with van der Waals surface area (Å²) in [6.45, 7) is 0. The predicted molar refractivity (Wildman–Crippen MR) is 78.0 cm³/mol. The Morgan fingerprint density at radius 2 is 1.45 bits per heavy atom. The van der Waals surface area contributed by atoms with E-state index in [0.717, 1.165) is 5.56 Å². The molecular formula is C16H15NO3. The van der Waals surface area contributed by atoms with Gasteiger partial charge in [-0.05, 0) is 12.1 Å². The lowest BCUT2D eigenvalue weighted by atomic mass is 10.2. The van der Waals surface area contributed by atoms with Crippen molar-refractivity contribution < 1.29 is 14.9 Å². The van der Waals surface area contributed by atoms with Gasteiger partial charge in [0.05, 0.1) is 0 Å². The van der Waals surface area contributed by atoms with Crippen molar-refractivity contribution in [2.45, 2.75) is 0 Å². The fourth-order valence-corrected chi connectivity index (χ4v) is 1.43. The van der Waals surface area contributed by atoms with E-state index < -0.39 is 0 Å². The maximum absolute atomic E-state index is 5.06. The summed E-state index contributed by atoms with van der Waals surface area (Å²) in [6, 6.07) is 7.47. The Morgan fingerprint density at radius 3 is 2.30 bits per heavy atom. The van der Waals surface area contributed by atoms with Gasteiger partial charge in [0.2, 0.25) is 0 Å². The third kappa shape index (κ3) is 4.97. The number of allylic oxidation sites excluding steroid dienone is 8. The summed E-state index contributed by atoms with van der Waals surface area (Å²) in [5.74, 6) is 0.561. The number of hydrogen-bond acceptors (Lipinski definition) is 4. The Bertz CT molecular complexity index is 557. The molecule has 4 nitrogen and oxygen atoms in total. The maximum Gasteiger partial charge on any atom is 0.175 e. The van der Waals surface area contributed by atoms with Gasteiger partial charge in [0.1, 0.15) is 0 Å². The molecule has 0 unspecified atom stereocenters. The molecule has 20 heavy (non-hydrogen) atoms. The number of para-hydroxylation sites is 1. The van der Waals surface area contributed by atoms with E-state index in [9.17, 15) is 0 Å². The normalized spacial score (nSPS) is 23.4. The summed E-state index contributed by atoms with van der Waals surface area (Å²) in [7, 11) is 0. The molecule has 1 aliphatic rings. The average Bonchev–Trinajstić information content (AvgIpc) is 2.47. The number of rotatable bonds is 0. The zero-order chi connectivity index (χ0) is 13.9. The summed E-state index contributed by atoms with van der Waals surface area (Å²) in [6.07, 6.45) is 18.6. The Morgan fingerprint density at radius 1 is 0.750 bits per heavy atom. The lowest BCUT2D eigenvalue weighted by molar-refractivity contribution is -0.486. The lowest BCUT2D eigenvalue weighted by Gasteiger charge is -2.05. The molecule has 1 N–H and O–H groups in total. The molecule has 1 aromatic rings. The number of benzene rings is 1. The first-order valence-electron chi connectivity index (χ1n) is 6.15. The molecule has 0 fully saturated rings. The third-order valence-electron chi connectivity index (χ3n) is 2.34. The highest BCUT2D eigenvalue weighted by Crippen LogP contribution is 2.19. The van der Waals surface area contributed by atoms with Crippen molar-refractivity contribution in [1.82, 2.24) is 5.48 Å². The molecule has 0 amide bonds. The van der Waals surface area contributed by atoms with Crippen molar-refractivity contribution in [2.24, 2.45) is 0 Å². The minimum atomic E-state index is 0.561. The fourth-order valence-electron chi connectivity index (χ4n) is 1.43. The van der Waals surface area contributed by atoms with E-state index in [4.69, 9.17) is 4.89 Å². The summed E-state index contributed by atoms with van der Waals surface area (Å²) >= 11 is 0. The van der Waals surface area contributed by atoms with Gasteiger partial charge in [0.25, 0.3) is 0 Å². The second kappa shape index (κ2) is 8.53. The minimum Gasteiger partial charge on any atom is -0.306 e. The van der Waals surface area contributed by atoms with Crippen LogP contribution in [0.1, 0.15) is 5.56 Å². The van der Waals surface area contributed by atoms with Crippen LogP contribution < -0.4 is 10.4 Å². The first kappa shape index (κ1) is 13.9. The van der Waals surface area contributed by atoms with Gasteiger partial charge in [-0.1, -0.05) is 71.8 Å². The van der Waals surface area contributed by atoms with E-state index in [1.165, 1.54) is 0 Å². The maximum atomic E-state index is 5.06. The van der Waals surface area contributed by atoms with Crippen molar-refractivity contribution in [3.63, 3.8) is 0 Å². The van der Waals surface area contributed by atoms with Gasteiger partial charge in [-0.15, -0.1) is 0 Å². The SMILES string of the molecule is C1=C\C=C/C=C\c2ccccc2OOON/C=C\C=C/1. The second-order valence-corrected chi connectivity index (χ2v) is 3.76. The fraction of sp³-hybridized carbons (Fsp3) is 0. The second-order valence-electron chi connectivity index (χ2n) is 3.76. The average molecular weight is 269 g/mol. The van der Waals surface area contributed by atoms with Crippen LogP contribution in [-0.2, 0) is 10.0 Å². The van der Waals surface area contributed by atoms with Gasteiger partial charge < -0.3 is 4.89 Å². The van der Waals surface area contributed by atoms with Gasteiger partial charge in [-0.3, -0.25) is 0 Å². The van der Waals surface area contributed by atoms with Gasteiger partial charge in [0, 0.05) is 16.8 Å². The molecule has 1 aliphatic heterocycles. The Balaban J connectivity index is 2.13. The highest BCUT2D eigenvalue weighted by molar-refractivity contribution is 5.58. The molecular weight excluding hydrogens is 254 g/mol. The van der Waals surface area contributed by atoms with Crippen molar-refractivity contribution in [2.75, 3.05) is 0 Å². The van der Waals surface area contributed by atoms with Crippen molar-refractivity contribution in [1.29, 1.82) is 0 Å². The Hall–Kier alpha value is -2.56. The van der Waals surface area contributed by atoms with Crippen LogP contribution in [0.15, 0.2) is 79.1 Å². The summed E-state index contributed by atoms with van der Waals surface area (Å²) in [5, 5.41) is 4.61. The minimum absolute atomic E-state index is 0.561. The van der Waals surface area contributed by atoms with Crippen LogP contribution >= 0.6 is 0 Å². The van der Waals surface area contributed by atoms with Crippen molar-refractivity contribution in [3.8, 4) is 5.75 Å². The van der Waals surface area contributed by atoms with E-state index in [-0.39, 0.29) is 0 Å². The zero-order valence-corrected chi connectivity index (χ0v) is 10.8. The van der Waals surface area contributed by atoms with E-state index in [2.05, 4.69) is 15.5 Å². The van der Waals surface area contributed by atoms with Crippen molar-refractivity contribution in [3.05, 3.63) is 84.6 Å². The highest BCUT2D eigenvalue weighted by atomic mass is 17.5. The Kier molecular flexibility index (Phi) is 5.91. The van der Waals surface area contributed by atoms with Crippen LogP contribution in [0.5, 0.6) is 5.75 Å². The van der Waals surface area contributed by atoms with E-state index in [0.29, 0.717) is 5.75 Å². The summed E-state index contributed by atoms with van der Waals surface area (Å²) in [5.41, 5.74) is 3.34. The molecule has 0 saturated heterocycles. The van der Waals surface area contributed by atoms with Crippen LogP contribution in [0.2, 0.25) is 0 Å². The summed E-state index contributed by atoms with van der Waals surface area (Å²) in [4.78, 5) is 9.70. The zero-order valence-electron chi connectivity index (χ0n) is 10.8. The Labute approximate surface area is 117 Å². The molecule has 0 spiro atoms. The van der Waals surface area contributed by atoms with Crippen LogP contribution in [0.25, 0.3) is 6.08 Å². The largest absolute Gasteiger partial charge is 0.306 e. The molecule has 0 saturated carbocycles. The first-order chi connectivity index (χ1) is 9.97. The highest BCUT2D eigenvalue weighted by Gasteiger charge is 2.00. The van der Waals surface area contributed by atoms with Gasteiger partial charge >= 0.3 is 0 Å². The van der Waals surface area contributed by atoms with Crippen LogP contribution in [-0.4, -0.2) is 0 Å². The van der Waals surface area contributed by atoms with Gasteiger partial charge in [-0.2, -0.15) is 0 Å². The smallest absolute Gasteiger partial charge is 0.175 e. The topological polar surface area (TPSA) is 39.7 Å². The van der Waals surface area contributed by atoms with Crippen molar-refractivity contribution >= 4 is 6.08 Å². The van der Waals surface area contributed by atoms with E-state index in [1.54, 1.807) is 18.3 Å². The quantitative estimate of drug-likeness (QED) is 0.730. The standard InChI is InChI=1S/C16H15NO3/c1-2-4-6-10-14-17-19-20-18-16-13-9-8-12-15(16)11-7-5-3-1/h1-14,17H/b2-1-,5-3-,6-4-,11-7-,14-10-. The molecule has 0 aliphatic carbocycles. The molecule has 0 atom stereocenters. The number of hydrogen-bond donors (Lipinski definition) is 1. The summed E-state index contributed by atoms with van der Waals surface area (Å²) < 4.78 is 0. The predicted octanol–water partition coefficient (Wildman–Crippen LogP) is 3.64. The number of hydroxylamine groups is 1. The molecule has 1 aromatic carbocycles. The van der Waals surface area contributed by atoms with Crippen LogP contribution in [0, 0.1) is 0 Å². The molecule has 0 radical (unpaired) electrons. The van der Waals surface area contributed by atoms with Gasteiger partial charge in [-0.25, -0.2) is 5.48 Å². The number of nitrogens with one attached hydrogen (secondary N) is 1. The monoisotopic (exact) mass is 269 g/mol. The lowest BCUT2D eigenvalue weighted by Crippen LogP contribution is -2.09. The van der Waals surface area contributed by atoms with E-state index >= 15 is 0 Å². The van der Waals surface area contributed by atoms with Crippen LogP contribution in [0.3, 0.4) is 0 Å². The molecule has 2 rings (SSSR count). The molecule has 0 bridgehead atoms. The molecule has 102 valence electrons. The number of fused-ring (bicyclic) bond motifs is 1. The van der Waals surface area contributed by atoms with E-state index in [1.807, 2.05) is 66.8 Å². The first-order valence-corrected chi connectivity index (χ1v) is 6.15. The third-order valence-corrected chi connectivity index (χ3v) is 2.34.